The van der Waals surface area contributed by atoms with Gasteiger partial charge in [-0.25, -0.2) is 0 Å². The van der Waals surface area contributed by atoms with Crippen molar-refractivity contribution in [3.05, 3.63) is 29.8 Å². The van der Waals surface area contributed by atoms with Crippen LogP contribution >= 0.6 is 24.8 Å². The van der Waals surface area contributed by atoms with E-state index in [2.05, 4.69) is 17.3 Å². The molecule has 0 aromatic heterocycles. The number of benzene rings is 1. The number of ether oxygens (including phenoxy) is 1. The number of rotatable bonds is 4. The molecule has 7 nitrogen and oxygen atoms in total. The minimum absolute atomic E-state index is 0. The zero-order valence-electron chi connectivity index (χ0n) is 16.2. The molecule has 3 rings (SSSR count). The molecule has 2 saturated heterocycles. The van der Waals surface area contributed by atoms with E-state index in [1.165, 1.54) is 0 Å². The molecular formula is C19H30Cl2N4O3. The first-order valence-electron chi connectivity index (χ1n) is 9.20. The Labute approximate surface area is 178 Å². The number of hydrogen-bond donors (Lipinski definition) is 2. The summed E-state index contributed by atoms with van der Waals surface area (Å²) in [5.41, 5.74) is 6.97. The van der Waals surface area contributed by atoms with Gasteiger partial charge >= 0.3 is 0 Å². The average Bonchev–Trinajstić information content (AvgIpc) is 2.64. The molecule has 2 aliphatic rings. The van der Waals surface area contributed by atoms with E-state index in [9.17, 15) is 9.59 Å². The molecule has 2 aliphatic heterocycles. The number of nitrogens with two attached hydrogens (primary N) is 1. The molecule has 2 amide bonds. The molecule has 1 aromatic rings. The van der Waals surface area contributed by atoms with Gasteiger partial charge in [-0.1, -0.05) is 12.1 Å². The lowest BCUT2D eigenvalue weighted by molar-refractivity contribution is -0.132. The fourth-order valence-corrected chi connectivity index (χ4v) is 3.27. The summed E-state index contributed by atoms with van der Waals surface area (Å²) in [6.07, 6.45) is 1.43. The van der Waals surface area contributed by atoms with Crippen LogP contribution in [-0.2, 0) is 20.7 Å². The van der Waals surface area contributed by atoms with Crippen LogP contribution in [0.5, 0.6) is 0 Å². The second kappa shape index (κ2) is 11.0. The number of carbonyl (C=O) groups is 2. The van der Waals surface area contributed by atoms with Crippen LogP contribution in [-0.4, -0.2) is 73.6 Å². The zero-order valence-corrected chi connectivity index (χ0v) is 17.8. The van der Waals surface area contributed by atoms with Gasteiger partial charge in [0.15, 0.2) is 0 Å². The molecule has 9 heteroatoms. The first-order valence-corrected chi connectivity index (χ1v) is 9.20. The SMILES string of the molecule is CN1CCN(C(=O)Cc2ccc(NC(=O)C3(N)CCOCC3)cc2)CC1.Cl.Cl. The Bertz CT molecular complexity index is 643. The van der Waals surface area contributed by atoms with Gasteiger partial charge in [-0.05, 0) is 37.6 Å². The molecule has 0 atom stereocenters. The molecule has 0 spiro atoms. The van der Waals surface area contributed by atoms with Crippen LogP contribution in [0.25, 0.3) is 0 Å². The Kier molecular flexibility index (Phi) is 9.66. The standard InChI is InChI=1S/C19H28N4O3.2ClH/c1-22-8-10-23(11-9-22)17(24)14-15-2-4-16(5-3-15)21-18(25)19(20)6-12-26-13-7-19;;/h2-5H,6-14,20H2,1H3,(H,21,25);2*1H. The number of halogens is 2. The average molecular weight is 433 g/mol. The van der Waals surface area contributed by atoms with E-state index in [1.54, 1.807) is 0 Å². The van der Waals surface area contributed by atoms with Gasteiger partial charge in [0.1, 0.15) is 5.54 Å². The van der Waals surface area contributed by atoms with Crippen molar-refractivity contribution in [3.63, 3.8) is 0 Å². The maximum absolute atomic E-state index is 12.4. The first kappa shape index (κ1) is 24.7. The Balaban J connectivity index is 0.00000196. The van der Waals surface area contributed by atoms with Crippen LogP contribution < -0.4 is 11.1 Å². The first-order chi connectivity index (χ1) is 12.5. The molecule has 2 heterocycles. The number of nitrogens with one attached hydrogen (secondary N) is 1. The maximum Gasteiger partial charge on any atom is 0.244 e. The summed E-state index contributed by atoms with van der Waals surface area (Å²) in [7, 11) is 2.07. The summed E-state index contributed by atoms with van der Waals surface area (Å²) in [6, 6.07) is 7.42. The van der Waals surface area contributed by atoms with Crippen LogP contribution in [0.1, 0.15) is 18.4 Å². The summed E-state index contributed by atoms with van der Waals surface area (Å²) >= 11 is 0. The fraction of sp³-hybridized carbons (Fsp3) is 0.579. The van der Waals surface area contributed by atoms with Gasteiger partial charge in [0.05, 0.1) is 6.42 Å². The summed E-state index contributed by atoms with van der Waals surface area (Å²) in [6.45, 7) is 4.43. The van der Waals surface area contributed by atoms with Crippen molar-refractivity contribution in [3.8, 4) is 0 Å². The predicted octanol–water partition coefficient (Wildman–Crippen LogP) is 1.29. The second-order valence-electron chi connectivity index (χ2n) is 7.28. The van der Waals surface area contributed by atoms with Crippen molar-refractivity contribution >= 4 is 42.3 Å². The van der Waals surface area contributed by atoms with Crippen LogP contribution in [0.15, 0.2) is 24.3 Å². The van der Waals surface area contributed by atoms with Gasteiger partial charge in [-0.3, -0.25) is 9.59 Å². The van der Waals surface area contributed by atoms with Crippen molar-refractivity contribution in [2.24, 2.45) is 5.73 Å². The number of amides is 2. The lowest BCUT2D eigenvalue weighted by Crippen LogP contribution is -2.54. The number of hydrogen-bond acceptors (Lipinski definition) is 5. The smallest absolute Gasteiger partial charge is 0.244 e. The zero-order chi connectivity index (χ0) is 18.6. The summed E-state index contributed by atoms with van der Waals surface area (Å²) < 4.78 is 5.28. The Morgan fingerprint density at radius 3 is 2.21 bits per heavy atom. The number of anilines is 1. The number of carbonyl (C=O) groups excluding carboxylic acids is 2. The lowest BCUT2D eigenvalue weighted by Gasteiger charge is -2.32. The minimum Gasteiger partial charge on any atom is -0.381 e. The van der Waals surface area contributed by atoms with Crippen molar-refractivity contribution in [2.45, 2.75) is 24.8 Å². The molecule has 0 bridgehead atoms. The molecule has 158 valence electrons. The van der Waals surface area contributed by atoms with E-state index >= 15 is 0 Å². The normalized spacial score (nSPS) is 19.1. The quantitative estimate of drug-likeness (QED) is 0.748. The molecule has 0 radical (unpaired) electrons. The van der Waals surface area contributed by atoms with E-state index < -0.39 is 5.54 Å². The van der Waals surface area contributed by atoms with E-state index in [0.717, 1.165) is 31.7 Å². The largest absolute Gasteiger partial charge is 0.381 e. The molecule has 2 fully saturated rings. The lowest BCUT2D eigenvalue weighted by atomic mass is 9.90. The van der Waals surface area contributed by atoms with Gasteiger partial charge in [0.2, 0.25) is 11.8 Å². The number of nitrogens with zero attached hydrogens (tertiary/aromatic N) is 2. The molecule has 0 unspecified atom stereocenters. The van der Waals surface area contributed by atoms with Crippen molar-refractivity contribution in [2.75, 3.05) is 51.8 Å². The minimum atomic E-state index is -0.867. The van der Waals surface area contributed by atoms with Gasteiger partial charge in [0, 0.05) is 45.1 Å². The number of piperazine rings is 1. The molecule has 0 aliphatic carbocycles. The van der Waals surface area contributed by atoms with E-state index in [-0.39, 0.29) is 36.6 Å². The highest BCUT2D eigenvalue weighted by atomic mass is 35.5. The highest BCUT2D eigenvalue weighted by molar-refractivity contribution is 5.98. The van der Waals surface area contributed by atoms with Crippen LogP contribution in [0.2, 0.25) is 0 Å². The van der Waals surface area contributed by atoms with E-state index in [1.807, 2.05) is 29.2 Å². The highest BCUT2D eigenvalue weighted by Gasteiger charge is 2.35. The Morgan fingerprint density at radius 2 is 1.64 bits per heavy atom. The molecule has 1 aromatic carbocycles. The van der Waals surface area contributed by atoms with Gasteiger partial charge < -0.3 is 25.6 Å². The molecule has 3 N–H and O–H groups in total. The Hall–Kier alpha value is -1.38. The third kappa shape index (κ3) is 6.32. The van der Waals surface area contributed by atoms with Crippen LogP contribution in [0, 0.1) is 0 Å². The van der Waals surface area contributed by atoms with Crippen molar-refractivity contribution in [1.29, 1.82) is 0 Å². The van der Waals surface area contributed by atoms with Crippen LogP contribution in [0.4, 0.5) is 5.69 Å². The van der Waals surface area contributed by atoms with Crippen LogP contribution in [0.3, 0.4) is 0 Å². The van der Waals surface area contributed by atoms with Crippen molar-refractivity contribution in [1.82, 2.24) is 9.80 Å². The highest BCUT2D eigenvalue weighted by Crippen LogP contribution is 2.20. The number of likely N-dealkylation sites (N-methyl/N-ethyl adjacent to an activating group) is 1. The summed E-state index contributed by atoms with van der Waals surface area (Å²) in [5.74, 6) is -0.0277. The molecular weight excluding hydrogens is 403 g/mol. The third-order valence-electron chi connectivity index (χ3n) is 5.26. The topological polar surface area (TPSA) is 87.9 Å². The maximum atomic E-state index is 12.4. The van der Waals surface area contributed by atoms with Gasteiger partial charge in [-0.2, -0.15) is 0 Å². The second-order valence-corrected chi connectivity index (χ2v) is 7.28. The van der Waals surface area contributed by atoms with Crippen molar-refractivity contribution < 1.29 is 14.3 Å². The Morgan fingerprint density at radius 1 is 1.07 bits per heavy atom. The summed E-state index contributed by atoms with van der Waals surface area (Å²) in [4.78, 5) is 29.0. The summed E-state index contributed by atoms with van der Waals surface area (Å²) in [5, 5.41) is 2.88. The molecule has 28 heavy (non-hydrogen) atoms. The van der Waals surface area contributed by atoms with E-state index in [0.29, 0.717) is 38.2 Å². The molecule has 0 saturated carbocycles. The fourth-order valence-electron chi connectivity index (χ4n) is 3.27. The van der Waals surface area contributed by atoms with Gasteiger partial charge in [0.25, 0.3) is 0 Å². The predicted molar refractivity (Wildman–Crippen MR) is 114 cm³/mol. The van der Waals surface area contributed by atoms with E-state index in [4.69, 9.17) is 10.5 Å². The van der Waals surface area contributed by atoms with Gasteiger partial charge in [-0.15, -0.1) is 24.8 Å². The third-order valence-corrected chi connectivity index (χ3v) is 5.26. The monoisotopic (exact) mass is 432 g/mol.